The van der Waals surface area contributed by atoms with E-state index in [1.54, 1.807) is 109 Å². The Kier molecular flexibility index (Phi) is 29.1. The summed E-state index contributed by atoms with van der Waals surface area (Å²) in [6, 6.07) is 46.1. The Bertz CT molecular complexity index is 4750. The van der Waals surface area contributed by atoms with Crippen LogP contribution in [0.3, 0.4) is 0 Å². The van der Waals surface area contributed by atoms with Gasteiger partial charge in [0.15, 0.2) is 54.2 Å². The van der Waals surface area contributed by atoms with E-state index in [0.29, 0.717) is 77.0 Å². The molecular formula is C75H94N20O9S3. The SMILES string of the molecule is CCN(CC)N1CCN(CCS(=O)(=O)c2ccc(-c3cnc(N)c(C(=O)Nc4ccccc4)n3)cc2)CC1.CN(C)CCN1CCN(CCS(=O)(=O)c2ccc(-c3cnc(N)c(C(=O)Nc4ccccc4)n3)cc2)CC1.CN(C)CCNS(=O)(=O)c1ccc(-c2cnc(N)c(C(=O)Nc3ccccc3)n2)cc1. The Morgan fingerprint density at radius 2 is 0.720 bits per heavy atom. The molecule has 32 heteroatoms. The fourth-order valence-electron chi connectivity index (χ4n) is 11.4. The zero-order valence-electron chi connectivity index (χ0n) is 61.0. The molecule has 2 aliphatic heterocycles. The number of benzene rings is 6. The molecule has 0 spiro atoms. The maximum absolute atomic E-state index is 13.0. The lowest BCUT2D eigenvalue weighted by Crippen LogP contribution is -2.54. The molecule has 2 saturated heterocycles. The van der Waals surface area contributed by atoms with Crippen molar-refractivity contribution < 1.29 is 39.6 Å². The Balaban J connectivity index is 0.000000187. The minimum absolute atomic E-state index is 0.00136. The van der Waals surface area contributed by atoms with E-state index < -0.39 is 47.4 Å². The molecule has 11 rings (SSSR count). The van der Waals surface area contributed by atoms with E-state index in [9.17, 15) is 39.6 Å². The first-order valence-electron chi connectivity index (χ1n) is 35.0. The van der Waals surface area contributed by atoms with Crippen molar-refractivity contribution in [3.05, 3.63) is 199 Å². The van der Waals surface area contributed by atoms with E-state index >= 15 is 0 Å². The van der Waals surface area contributed by atoms with Crippen molar-refractivity contribution >= 4 is 81.9 Å². The number of amides is 3. The Morgan fingerprint density at radius 1 is 0.411 bits per heavy atom. The molecule has 2 fully saturated rings. The monoisotopic (exact) mass is 1510 g/mol. The Morgan fingerprint density at radius 3 is 1.04 bits per heavy atom. The number of nitrogens with one attached hydrogen (secondary N) is 4. The average Bonchev–Trinajstić information content (AvgIpc) is 0.821. The highest BCUT2D eigenvalue weighted by Gasteiger charge is 2.26. The lowest BCUT2D eigenvalue weighted by atomic mass is 10.1. The van der Waals surface area contributed by atoms with Crippen molar-refractivity contribution in [1.29, 1.82) is 0 Å². The summed E-state index contributed by atoms with van der Waals surface area (Å²) in [6.07, 6.45) is 4.37. The zero-order chi connectivity index (χ0) is 76.7. The van der Waals surface area contributed by atoms with Crippen LogP contribution in [0.4, 0.5) is 34.5 Å². The largest absolute Gasteiger partial charge is 0.382 e. The number of para-hydroxylation sites is 3. The number of carbonyl (C=O) groups is 3. The van der Waals surface area contributed by atoms with Gasteiger partial charge in [-0.25, -0.2) is 69.9 Å². The second-order valence-electron chi connectivity index (χ2n) is 25.8. The summed E-state index contributed by atoms with van der Waals surface area (Å²) >= 11 is 0. The average molecular weight is 1520 g/mol. The number of nitrogens with zero attached hydrogens (tertiary/aromatic N) is 13. The van der Waals surface area contributed by atoms with Gasteiger partial charge >= 0.3 is 0 Å². The van der Waals surface area contributed by atoms with E-state index in [1.165, 1.54) is 30.7 Å². The number of hydrogen-bond donors (Lipinski definition) is 7. The van der Waals surface area contributed by atoms with Gasteiger partial charge in [-0.3, -0.25) is 29.1 Å². The molecule has 0 bridgehead atoms. The quantitative estimate of drug-likeness (QED) is 0.0280. The normalized spacial score (nSPS) is 14.0. The first-order valence-corrected chi connectivity index (χ1v) is 39.8. The van der Waals surface area contributed by atoms with Crippen molar-refractivity contribution in [3.8, 4) is 33.8 Å². The number of nitrogen functional groups attached to an aromatic ring is 3. The molecule has 566 valence electrons. The summed E-state index contributed by atoms with van der Waals surface area (Å²) in [4.78, 5) is 75.0. The summed E-state index contributed by atoms with van der Waals surface area (Å²) in [7, 11) is -2.63. The number of likely N-dealkylation sites (N-methyl/N-ethyl adjacent to an activating group) is 2. The van der Waals surface area contributed by atoms with Gasteiger partial charge in [0.25, 0.3) is 17.7 Å². The molecule has 0 saturated carbocycles. The van der Waals surface area contributed by atoms with Crippen LogP contribution >= 0.6 is 0 Å². The van der Waals surface area contributed by atoms with Crippen molar-refractivity contribution in [2.24, 2.45) is 0 Å². The van der Waals surface area contributed by atoms with Gasteiger partial charge in [0, 0.05) is 138 Å². The molecule has 3 amide bonds. The fraction of sp³-hybridized carbons (Fsp3) is 0.320. The lowest BCUT2D eigenvalue weighted by Gasteiger charge is -2.40. The zero-order valence-corrected chi connectivity index (χ0v) is 63.4. The van der Waals surface area contributed by atoms with E-state index in [1.807, 2.05) is 61.5 Å². The van der Waals surface area contributed by atoms with Gasteiger partial charge < -0.3 is 43.0 Å². The van der Waals surface area contributed by atoms with Crippen LogP contribution in [0.2, 0.25) is 0 Å². The van der Waals surface area contributed by atoms with Gasteiger partial charge in [-0.1, -0.05) is 105 Å². The molecule has 107 heavy (non-hydrogen) atoms. The van der Waals surface area contributed by atoms with Crippen LogP contribution in [0.5, 0.6) is 0 Å². The molecule has 2 aliphatic rings. The number of anilines is 6. The van der Waals surface area contributed by atoms with Gasteiger partial charge in [-0.05, 0) is 101 Å². The molecule has 0 radical (unpaired) electrons. The lowest BCUT2D eigenvalue weighted by molar-refractivity contribution is -0.0493. The molecular weight excluding hydrogens is 1420 g/mol. The number of carbonyl (C=O) groups excluding carboxylic acids is 3. The smallest absolute Gasteiger partial charge is 0.278 e. The standard InChI is InChI=1S/2C27H35N7O3S.C21H24N6O3S/c1-32(2)12-13-33-14-16-34(17-15-33)18-19-38(36,37)23-10-8-21(9-11-23)24-20-29-26(28)25(31-24)27(35)30-22-6-4-3-5-7-22;1-3-33(4-2)34-16-14-32(15-17-34)18-19-38(36,37)23-12-10-21(11-13-23)24-20-29-26(28)25(31-24)27(35)30-22-8-6-5-7-9-22;1-27(2)13-12-24-31(29,30)17-10-8-15(9-11-17)18-14-23-20(22)19(26-18)21(28)25-16-6-4-3-5-7-16/h3-11,20H,12-19H2,1-2H3,(H2,28,29)(H,30,35);5-13,20H,3-4,14-19H2,1-2H3,(H2,28,29)(H,30,35);3-11,14,24H,12-13H2,1-2H3,(H2,22,23)(H,25,28). The molecule has 5 heterocycles. The highest BCUT2D eigenvalue weighted by molar-refractivity contribution is 7.91. The number of aromatic nitrogens is 6. The van der Waals surface area contributed by atoms with Gasteiger partial charge in [-0.2, -0.15) is 0 Å². The van der Waals surface area contributed by atoms with Gasteiger partial charge in [-0.15, -0.1) is 0 Å². The molecule has 10 N–H and O–H groups in total. The molecule has 6 aromatic carbocycles. The number of nitrogens with two attached hydrogens (primary N) is 3. The molecule has 3 aromatic heterocycles. The predicted molar refractivity (Wildman–Crippen MR) is 419 cm³/mol. The third-order valence-electron chi connectivity index (χ3n) is 17.6. The minimum Gasteiger partial charge on any atom is -0.382 e. The number of hydrogen-bond acceptors (Lipinski definition) is 25. The Hall–Kier alpha value is -10.1. The van der Waals surface area contributed by atoms with Crippen LogP contribution in [0.1, 0.15) is 45.3 Å². The first kappa shape index (κ1) is 81.0. The summed E-state index contributed by atoms with van der Waals surface area (Å²) < 4.78 is 79.3. The maximum atomic E-state index is 13.0. The highest BCUT2D eigenvalue weighted by Crippen LogP contribution is 2.27. The van der Waals surface area contributed by atoms with Crippen LogP contribution < -0.4 is 37.9 Å². The third-order valence-corrected chi connectivity index (χ3v) is 22.5. The second kappa shape index (κ2) is 38.4. The number of rotatable bonds is 28. The van der Waals surface area contributed by atoms with Gasteiger partial charge in [0.1, 0.15) is 0 Å². The number of hydrazine groups is 1. The number of piperazine rings is 2. The summed E-state index contributed by atoms with van der Waals surface area (Å²) in [6.45, 7) is 17.4. The molecule has 9 aromatic rings. The van der Waals surface area contributed by atoms with Crippen LogP contribution in [0.25, 0.3) is 33.8 Å². The Labute approximate surface area is 626 Å². The summed E-state index contributed by atoms with van der Waals surface area (Å²) in [5.41, 5.74) is 22.6. The molecule has 29 nitrogen and oxygen atoms in total. The van der Waals surface area contributed by atoms with E-state index in [0.717, 1.165) is 78.5 Å². The van der Waals surface area contributed by atoms with Crippen LogP contribution in [-0.2, 0) is 29.7 Å². The van der Waals surface area contributed by atoms with Crippen LogP contribution in [-0.4, -0.2) is 252 Å². The van der Waals surface area contributed by atoms with Crippen molar-refractivity contribution in [1.82, 2.24) is 69.1 Å². The van der Waals surface area contributed by atoms with Crippen molar-refractivity contribution in [2.45, 2.75) is 28.5 Å². The van der Waals surface area contributed by atoms with E-state index in [4.69, 9.17) is 17.2 Å². The predicted octanol–water partition coefficient (Wildman–Crippen LogP) is 6.38. The van der Waals surface area contributed by atoms with E-state index in [-0.39, 0.29) is 60.7 Å². The minimum atomic E-state index is -3.61. The fourth-order valence-corrected chi connectivity index (χ4v) is 15.0. The number of sulfonamides is 1. The molecule has 0 unspecified atom stereocenters. The highest BCUT2D eigenvalue weighted by atomic mass is 32.2. The molecule has 0 aliphatic carbocycles. The number of sulfone groups is 2. The van der Waals surface area contributed by atoms with E-state index in [2.05, 4.69) is 108 Å². The topological polar surface area (TPSA) is 380 Å². The second-order valence-corrected chi connectivity index (χ2v) is 31.7. The van der Waals surface area contributed by atoms with Gasteiger partial charge in [0.2, 0.25) is 10.0 Å². The maximum Gasteiger partial charge on any atom is 0.278 e. The van der Waals surface area contributed by atoms with Crippen molar-refractivity contribution in [3.63, 3.8) is 0 Å². The van der Waals surface area contributed by atoms with Crippen LogP contribution in [0.15, 0.2) is 197 Å². The molecule has 0 atom stereocenters. The first-order chi connectivity index (χ1) is 51.3. The van der Waals surface area contributed by atoms with Crippen LogP contribution in [0, 0.1) is 0 Å². The summed E-state index contributed by atoms with van der Waals surface area (Å²) in [5.74, 6) is -1.28. The van der Waals surface area contributed by atoms with Crippen molar-refractivity contribution in [2.75, 3.05) is 178 Å². The van der Waals surface area contributed by atoms with Gasteiger partial charge in [0.05, 0.1) is 61.9 Å². The third kappa shape index (κ3) is 23.7. The summed E-state index contributed by atoms with van der Waals surface area (Å²) in [5, 5.41) is 12.9.